The molecular weight excluding hydrogens is 262 g/mol. The summed E-state index contributed by atoms with van der Waals surface area (Å²) in [5.74, 6) is 0.854. The summed E-state index contributed by atoms with van der Waals surface area (Å²) >= 11 is 0. The maximum Gasteiger partial charge on any atom is 0.234 e. The maximum absolute atomic E-state index is 12.1. The van der Waals surface area contributed by atoms with Gasteiger partial charge in [0.25, 0.3) is 0 Å². The van der Waals surface area contributed by atoms with Gasteiger partial charge in [-0.05, 0) is 25.7 Å². The normalized spacial score (nSPS) is 32.4. The van der Waals surface area contributed by atoms with E-state index in [4.69, 9.17) is 0 Å². The molecule has 1 heterocycles. The third-order valence-corrected chi connectivity index (χ3v) is 4.28. The lowest BCUT2D eigenvalue weighted by molar-refractivity contribution is -0.123. The molecule has 0 bridgehead atoms. The van der Waals surface area contributed by atoms with Crippen molar-refractivity contribution in [2.24, 2.45) is 5.92 Å². The Labute approximate surface area is 123 Å². The fourth-order valence-electron chi connectivity index (χ4n) is 3.14. The number of halogens is 1. The van der Waals surface area contributed by atoms with Crippen LogP contribution in [-0.2, 0) is 4.79 Å². The molecule has 2 N–H and O–H groups in total. The molecule has 1 aliphatic carbocycles. The van der Waals surface area contributed by atoms with Crippen LogP contribution in [-0.4, -0.2) is 49.1 Å². The van der Waals surface area contributed by atoms with E-state index in [9.17, 15) is 4.79 Å². The Morgan fingerprint density at radius 3 is 2.74 bits per heavy atom. The lowest BCUT2D eigenvalue weighted by Gasteiger charge is -2.33. The van der Waals surface area contributed by atoms with Gasteiger partial charge in [0.1, 0.15) is 0 Å². The van der Waals surface area contributed by atoms with Crippen LogP contribution in [0.1, 0.15) is 39.5 Å². The molecule has 1 amide bonds. The van der Waals surface area contributed by atoms with Crippen molar-refractivity contribution in [2.45, 2.75) is 51.6 Å². The molecule has 3 atom stereocenters. The molecule has 0 aromatic carbocycles. The average molecular weight is 290 g/mol. The molecule has 1 aliphatic heterocycles. The first kappa shape index (κ1) is 16.7. The molecule has 0 aromatic rings. The lowest BCUT2D eigenvalue weighted by Crippen LogP contribution is -2.53. The highest BCUT2D eigenvalue weighted by molar-refractivity contribution is 5.85. The van der Waals surface area contributed by atoms with Gasteiger partial charge in [-0.2, -0.15) is 0 Å². The summed E-state index contributed by atoms with van der Waals surface area (Å²) in [5, 5.41) is 6.63. The summed E-state index contributed by atoms with van der Waals surface area (Å²) in [5.41, 5.74) is 0. The van der Waals surface area contributed by atoms with Crippen molar-refractivity contribution in [3.05, 3.63) is 0 Å². The van der Waals surface area contributed by atoms with Gasteiger partial charge in [-0.25, -0.2) is 0 Å². The van der Waals surface area contributed by atoms with E-state index in [0.717, 1.165) is 26.1 Å². The third-order valence-electron chi connectivity index (χ3n) is 4.28. The second-order valence-electron chi connectivity index (χ2n) is 6.03. The third kappa shape index (κ3) is 5.28. The van der Waals surface area contributed by atoms with Crippen LogP contribution >= 0.6 is 12.4 Å². The predicted molar refractivity (Wildman–Crippen MR) is 80.7 cm³/mol. The van der Waals surface area contributed by atoms with Crippen LogP contribution in [0, 0.1) is 5.92 Å². The summed E-state index contributed by atoms with van der Waals surface area (Å²) in [7, 11) is 0. The van der Waals surface area contributed by atoms with Gasteiger partial charge in [-0.3, -0.25) is 9.69 Å². The first-order valence-electron chi connectivity index (χ1n) is 7.40. The second kappa shape index (κ2) is 8.08. The number of piperazine rings is 1. The van der Waals surface area contributed by atoms with Gasteiger partial charge in [-0.1, -0.05) is 19.8 Å². The van der Waals surface area contributed by atoms with Crippen LogP contribution in [0.4, 0.5) is 0 Å². The van der Waals surface area contributed by atoms with Crippen LogP contribution in [0.5, 0.6) is 0 Å². The number of rotatable bonds is 3. The SMILES string of the molecule is CC1CN(CC(=O)NC2CCCCC2C)CCN1.Cl. The molecular formula is C14H28ClN3O. The van der Waals surface area contributed by atoms with Crippen LogP contribution in [0.25, 0.3) is 0 Å². The summed E-state index contributed by atoms with van der Waals surface area (Å²) in [6, 6.07) is 0.909. The molecule has 3 unspecified atom stereocenters. The Balaban J connectivity index is 0.00000180. The van der Waals surface area contributed by atoms with Crippen molar-refractivity contribution in [3.8, 4) is 0 Å². The topological polar surface area (TPSA) is 44.4 Å². The van der Waals surface area contributed by atoms with E-state index in [1.165, 1.54) is 19.3 Å². The molecule has 112 valence electrons. The van der Waals surface area contributed by atoms with Gasteiger partial charge in [0.05, 0.1) is 6.54 Å². The van der Waals surface area contributed by atoms with Crippen molar-refractivity contribution < 1.29 is 4.79 Å². The average Bonchev–Trinajstić information content (AvgIpc) is 2.32. The van der Waals surface area contributed by atoms with Crippen LogP contribution < -0.4 is 10.6 Å². The first-order chi connectivity index (χ1) is 8.65. The lowest BCUT2D eigenvalue weighted by atomic mass is 9.86. The van der Waals surface area contributed by atoms with Crippen molar-refractivity contribution in [3.63, 3.8) is 0 Å². The Morgan fingerprint density at radius 1 is 1.32 bits per heavy atom. The zero-order valence-electron chi connectivity index (χ0n) is 12.2. The Kier molecular flexibility index (Phi) is 7.11. The molecule has 5 heteroatoms. The minimum Gasteiger partial charge on any atom is -0.352 e. The number of hydrogen-bond acceptors (Lipinski definition) is 3. The molecule has 2 fully saturated rings. The van der Waals surface area contributed by atoms with Gasteiger partial charge >= 0.3 is 0 Å². The Bertz CT molecular complexity index is 288. The van der Waals surface area contributed by atoms with Crippen LogP contribution in [0.3, 0.4) is 0 Å². The standard InChI is InChI=1S/C14H27N3O.ClH/c1-11-5-3-4-6-13(11)16-14(18)10-17-8-7-15-12(2)9-17;/h11-13,15H,3-10H2,1-2H3,(H,16,18);1H. The number of nitrogens with zero attached hydrogens (tertiary/aromatic N) is 1. The van der Waals surface area contributed by atoms with E-state index in [-0.39, 0.29) is 18.3 Å². The van der Waals surface area contributed by atoms with Crippen LogP contribution in [0.2, 0.25) is 0 Å². The predicted octanol–water partition coefficient (Wildman–Crippen LogP) is 1.40. The second-order valence-corrected chi connectivity index (χ2v) is 6.03. The van der Waals surface area contributed by atoms with Gasteiger partial charge in [0.2, 0.25) is 5.91 Å². The number of carbonyl (C=O) groups is 1. The monoisotopic (exact) mass is 289 g/mol. The van der Waals surface area contributed by atoms with Gasteiger partial charge in [-0.15, -0.1) is 12.4 Å². The molecule has 0 aromatic heterocycles. The Morgan fingerprint density at radius 2 is 2.05 bits per heavy atom. The molecule has 0 spiro atoms. The highest BCUT2D eigenvalue weighted by Gasteiger charge is 2.24. The molecule has 1 saturated carbocycles. The van der Waals surface area contributed by atoms with Gasteiger partial charge < -0.3 is 10.6 Å². The minimum atomic E-state index is 0. The fraction of sp³-hybridized carbons (Fsp3) is 0.929. The van der Waals surface area contributed by atoms with Crippen molar-refractivity contribution in [2.75, 3.05) is 26.2 Å². The number of nitrogens with one attached hydrogen (secondary N) is 2. The summed E-state index contributed by atoms with van der Waals surface area (Å²) in [6.07, 6.45) is 5.00. The molecule has 1 saturated heterocycles. The Hall–Kier alpha value is -0.320. The zero-order chi connectivity index (χ0) is 13.0. The van der Waals surface area contributed by atoms with Gasteiger partial charge in [0, 0.05) is 31.7 Å². The fourth-order valence-corrected chi connectivity index (χ4v) is 3.14. The largest absolute Gasteiger partial charge is 0.352 e. The van der Waals surface area contributed by atoms with Crippen molar-refractivity contribution in [1.29, 1.82) is 0 Å². The highest BCUT2D eigenvalue weighted by Crippen LogP contribution is 2.23. The number of carbonyl (C=O) groups excluding carboxylic acids is 1. The quantitative estimate of drug-likeness (QED) is 0.825. The highest BCUT2D eigenvalue weighted by atomic mass is 35.5. The van der Waals surface area contributed by atoms with E-state index >= 15 is 0 Å². The first-order valence-corrected chi connectivity index (χ1v) is 7.40. The van der Waals surface area contributed by atoms with Crippen molar-refractivity contribution in [1.82, 2.24) is 15.5 Å². The molecule has 4 nitrogen and oxygen atoms in total. The number of hydrogen-bond donors (Lipinski definition) is 2. The maximum atomic E-state index is 12.1. The summed E-state index contributed by atoms with van der Waals surface area (Å²) in [4.78, 5) is 14.3. The van der Waals surface area contributed by atoms with E-state index < -0.39 is 0 Å². The van der Waals surface area contributed by atoms with E-state index in [2.05, 4.69) is 29.4 Å². The summed E-state index contributed by atoms with van der Waals surface area (Å²) in [6.45, 7) is 7.96. The number of amides is 1. The minimum absolute atomic E-state index is 0. The van der Waals surface area contributed by atoms with Gasteiger partial charge in [0.15, 0.2) is 0 Å². The van der Waals surface area contributed by atoms with E-state index in [1.54, 1.807) is 0 Å². The molecule has 2 aliphatic rings. The smallest absolute Gasteiger partial charge is 0.234 e. The molecule has 2 rings (SSSR count). The molecule has 19 heavy (non-hydrogen) atoms. The van der Waals surface area contributed by atoms with Crippen LogP contribution in [0.15, 0.2) is 0 Å². The van der Waals surface area contributed by atoms with E-state index in [0.29, 0.717) is 24.5 Å². The van der Waals surface area contributed by atoms with E-state index in [1.807, 2.05) is 0 Å². The zero-order valence-corrected chi connectivity index (χ0v) is 13.0. The summed E-state index contributed by atoms with van der Waals surface area (Å²) < 4.78 is 0. The van der Waals surface area contributed by atoms with Crippen molar-refractivity contribution >= 4 is 18.3 Å². The molecule has 0 radical (unpaired) electrons.